The molecule has 2 amide bonds. The minimum absolute atomic E-state index is 0.00545. The van der Waals surface area contributed by atoms with Crippen LogP contribution in [-0.2, 0) is 14.4 Å². The van der Waals surface area contributed by atoms with Gasteiger partial charge in [-0.05, 0) is 19.3 Å². The van der Waals surface area contributed by atoms with Crippen molar-refractivity contribution in [1.29, 1.82) is 0 Å². The second-order valence-electron chi connectivity index (χ2n) is 5.39. The Morgan fingerprint density at radius 1 is 0.947 bits per heavy atom. The quantitative estimate of drug-likeness (QED) is 0.732. The lowest BCUT2D eigenvalue weighted by atomic mass is 9.67. The van der Waals surface area contributed by atoms with E-state index in [-0.39, 0.29) is 11.8 Å². The molecule has 0 atom stereocenters. The number of hydrogen-bond acceptors (Lipinski definition) is 3. The average Bonchev–Trinajstić information content (AvgIpc) is 2.51. The number of amides is 2. The largest absolute Gasteiger partial charge is 0.480 e. The van der Waals surface area contributed by atoms with Crippen LogP contribution in [0.3, 0.4) is 0 Å². The highest BCUT2D eigenvalue weighted by atomic mass is 16.4. The third-order valence-corrected chi connectivity index (χ3v) is 4.25. The predicted molar refractivity (Wildman–Crippen MR) is 67.4 cm³/mol. The summed E-state index contributed by atoms with van der Waals surface area (Å²) in [6.07, 6.45) is 2.38. The number of carboxylic acid groups (broad SMARTS) is 1. The number of rotatable bonds is 2. The summed E-state index contributed by atoms with van der Waals surface area (Å²) < 4.78 is 0. The number of carbonyl (C=O) groups excluding carboxylic acids is 2. The van der Waals surface area contributed by atoms with E-state index in [1.807, 2.05) is 0 Å². The molecule has 0 bridgehead atoms. The Bertz CT molecular complexity index is 403. The molecule has 19 heavy (non-hydrogen) atoms. The Kier molecular flexibility index (Phi) is 3.78. The number of carboxylic acids is 1. The number of aliphatic carboxylic acids is 1. The first-order valence-electron chi connectivity index (χ1n) is 6.76. The maximum atomic E-state index is 12.4. The fourth-order valence-corrected chi connectivity index (χ4v) is 2.79. The standard InChI is InChI=1S/C13H20N2O4/c1-10(16)14-6-3-7-15(9-8-14)11(17)13(12(18)19)4-2-5-13/h2-9H2,1H3,(H,18,19). The van der Waals surface area contributed by atoms with E-state index in [0.29, 0.717) is 45.4 Å². The molecule has 2 aliphatic rings. The molecule has 1 saturated heterocycles. The third-order valence-electron chi connectivity index (χ3n) is 4.25. The zero-order valence-electron chi connectivity index (χ0n) is 11.2. The molecule has 6 heteroatoms. The molecule has 2 rings (SSSR count). The zero-order valence-corrected chi connectivity index (χ0v) is 11.2. The fraction of sp³-hybridized carbons (Fsp3) is 0.769. The summed E-state index contributed by atoms with van der Waals surface area (Å²) in [5.74, 6) is -1.26. The maximum Gasteiger partial charge on any atom is 0.319 e. The molecule has 0 aromatic heterocycles. The van der Waals surface area contributed by atoms with Crippen molar-refractivity contribution in [2.75, 3.05) is 26.2 Å². The van der Waals surface area contributed by atoms with E-state index in [4.69, 9.17) is 0 Å². The Balaban J connectivity index is 2.04. The van der Waals surface area contributed by atoms with Crippen LogP contribution < -0.4 is 0 Å². The molecule has 2 fully saturated rings. The smallest absolute Gasteiger partial charge is 0.319 e. The molecule has 1 aliphatic carbocycles. The van der Waals surface area contributed by atoms with Crippen LogP contribution in [0, 0.1) is 5.41 Å². The topological polar surface area (TPSA) is 77.9 Å². The van der Waals surface area contributed by atoms with E-state index in [0.717, 1.165) is 6.42 Å². The molecule has 1 heterocycles. The van der Waals surface area contributed by atoms with E-state index in [2.05, 4.69) is 0 Å². The van der Waals surface area contributed by atoms with Crippen LogP contribution in [-0.4, -0.2) is 58.9 Å². The summed E-state index contributed by atoms with van der Waals surface area (Å²) in [7, 11) is 0. The van der Waals surface area contributed by atoms with Gasteiger partial charge in [0, 0.05) is 33.1 Å². The van der Waals surface area contributed by atoms with Gasteiger partial charge < -0.3 is 14.9 Å². The molecule has 106 valence electrons. The van der Waals surface area contributed by atoms with Crippen LogP contribution in [0.2, 0.25) is 0 Å². The predicted octanol–water partition coefficient (Wildman–Crippen LogP) is 0.322. The molecule has 0 radical (unpaired) electrons. The normalized spacial score (nSPS) is 22.4. The first kappa shape index (κ1) is 13.8. The molecule has 0 aromatic carbocycles. The molecule has 0 unspecified atom stereocenters. The van der Waals surface area contributed by atoms with Crippen molar-refractivity contribution in [1.82, 2.24) is 9.80 Å². The van der Waals surface area contributed by atoms with Gasteiger partial charge in [0.2, 0.25) is 11.8 Å². The van der Waals surface area contributed by atoms with Crippen molar-refractivity contribution >= 4 is 17.8 Å². The minimum Gasteiger partial charge on any atom is -0.480 e. The Hall–Kier alpha value is -1.59. The van der Waals surface area contributed by atoms with Gasteiger partial charge in [0.1, 0.15) is 5.41 Å². The molecular weight excluding hydrogens is 248 g/mol. The summed E-state index contributed by atoms with van der Waals surface area (Å²) >= 11 is 0. The highest BCUT2D eigenvalue weighted by Crippen LogP contribution is 2.42. The lowest BCUT2D eigenvalue weighted by molar-refractivity contribution is -0.167. The van der Waals surface area contributed by atoms with Crippen molar-refractivity contribution in [3.8, 4) is 0 Å². The average molecular weight is 268 g/mol. The van der Waals surface area contributed by atoms with Crippen LogP contribution in [0.1, 0.15) is 32.6 Å². The highest BCUT2D eigenvalue weighted by Gasteiger charge is 2.52. The number of hydrogen-bond donors (Lipinski definition) is 1. The van der Waals surface area contributed by atoms with Gasteiger partial charge in [-0.25, -0.2) is 0 Å². The van der Waals surface area contributed by atoms with Gasteiger partial charge >= 0.3 is 5.97 Å². The fourth-order valence-electron chi connectivity index (χ4n) is 2.79. The van der Waals surface area contributed by atoms with Crippen molar-refractivity contribution < 1.29 is 19.5 Å². The van der Waals surface area contributed by atoms with Crippen LogP contribution in [0.15, 0.2) is 0 Å². The lowest BCUT2D eigenvalue weighted by Gasteiger charge is -2.39. The van der Waals surface area contributed by atoms with Crippen molar-refractivity contribution in [2.45, 2.75) is 32.6 Å². The van der Waals surface area contributed by atoms with Gasteiger partial charge in [0.05, 0.1) is 0 Å². The summed E-state index contributed by atoms with van der Waals surface area (Å²) in [6.45, 7) is 3.63. The third kappa shape index (κ3) is 2.43. The van der Waals surface area contributed by atoms with Crippen LogP contribution >= 0.6 is 0 Å². The SMILES string of the molecule is CC(=O)N1CCCN(C(=O)C2(C(=O)O)CCC2)CC1. The van der Waals surface area contributed by atoms with Gasteiger partial charge in [-0.1, -0.05) is 6.42 Å². The minimum atomic E-state index is -1.19. The summed E-state index contributed by atoms with van der Waals surface area (Å²) in [5, 5.41) is 9.28. The number of carbonyl (C=O) groups is 3. The maximum absolute atomic E-state index is 12.4. The Morgan fingerprint density at radius 2 is 1.53 bits per heavy atom. The molecule has 6 nitrogen and oxygen atoms in total. The van der Waals surface area contributed by atoms with Crippen molar-refractivity contribution in [2.24, 2.45) is 5.41 Å². The molecule has 1 N–H and O–H groups in total. The molecule has 1 saturated carbocycles. The van der Waals surface area contributed by atoms with Crippen molar-refractivity contribution in [3.05, 3.63) is 0 Å². The van der Waals surface area contributed by atoms with Gasteiger partial charge in [-0.3, -0.25) is 14.4 Å². The zero-order chi connectivity index (χ0) is 14.0. The molecular formula is C13H20N2O4. The van der Waals surface area contributed by atoms with Gasteiger partial charge in [0.15, 0.2) is 0 Å². The summed E-state index contributed by atoms with van der Waals surface area (Å²) in [4.78, 5) is 38.4. The molecule has 0 spiro atoms. The van der Waals surface area contributed by atoms with Crippen LogP contribution in [0.5, 0.6) is 0 Å². The van der Waals surface area contributed by atoms with Gasteiger partial charge in [-0.15, -0.1) is 0 Å². The number of nitrogens with zero attached hydrogens (tertiary/aromatic N) is 2. The van der Waals surface area contributed by atoms with Crippen molar-refractivity contribution in [3.63, 3.8) is 0 Å². The second-order valence-corrected chi connectivity index (χ2v) is 5.39. The Labute approximate surface area is 112 Å². The van der Waals surface area contributed by atoms with Crippen LogP contribution in [0.4, 0.5) is 0 Å². The molecule has 1 aliphatic heterocycles. The van der Waals surface area contributed by atoms with E-state index < -0.39 is 11.4 Å². The molecule has 0 aromatic rings. The summed E-state index contributed by atoms with van der Waals surface area (Å²) in [6, 6.07) is 0. The highest BCUT2D eigenvalue weighted by molar-refractivity contribution is 6.02. The monoisotopic (exact) mass is 268 g/mol. The Morgan fingerprint density at radius 3 is 2.00 bits per heavy atom. The van der Waals surface area contributed by atoms with E-state index in [9.17, 15) is 19.5 Å². The summed E-state index contributed by atoms with van der Waals surface area (Å²) in [5.41, 5.74) is -1.19. The first-order chi connectivity index (χ1) is 8.97. The van der Waals surface area contributed by atoms with Gasteiger partial charge in [0.25, 0.3) is 0 Å². The van der Waals surface area contributed by atoms with Crippen LogP contribution in [0.25, 0.3) is 0 Å². The first-order valence-corrected chi connectivity index (χ1v) is 6.76. The van der Waals surface area contributed by atoms with E-state index >= 15 is 0 Å². The van der Waals surface area contributed by atoms with Gasteiger partial charge in [-0.2, -0.15) is 0 Å². The van der Waals surface area contributed by atoms with E-state index in [1.165, 1.54) is 6.92 Å². The van der Waals surface area contributed by atoms with E-state index in [1.54, 1.807) is 9.80 Å². The lowest BCUT2D eigenvalue weighted by Crippen LogP contribution is -2.53. The second kappa shape index (κ2) is 5.19.